The molecule has 6 heteroatoms. The molecule has 1 aromatic rings. The summed E-state index contributed by atoms with van der Waals surface area (Å²) < 4.78 is 10.1. The van der Waals surface area contributed by atoms with Crippen LogP contribution in [-0.2, 0) is 27.1 Å². The Balaban J connectivity index is 2.21. The molecule has 0 atom stereocenters. The van der Waals surface area contributed by atoms with Gasteiger partial charge in [0.2, 0.25) is 0 Å². The van der Waals surface area contributed by atoms with Crippen molar-refractivity contribution < 1.29 is 19.4 Å². The average Bonchev–Trinajstić information content (AvgIpc) is 2.64. The van der Waals surface area contributed by atoms with Gasteiger partial charge in [-0.05, 0) is 0 Å². The quantitative estimate of drug-likeness (QED) is 0.691. The first-order valence-electron chi connectivity index (χ1n) is 4.94. The molecule has 0 aromatic carbocycles. The van der Waals surface area contributed by atoms with E-state index in [0.717, 1.165) is 5.01 Å². The third-order valence-electron chi connectivity index (χ3n) is 1.82. The summed E-state index contributed by atoms with van der Waals surface area (Å²) in [6.07, 6.45) is 0.703. The van der Waals surface area contributed by atoms with Crippen LogP contribution in [0.15, 0.2) is 5.38 Å². The number of carboxylic acid groups (broad SMARTS) is 1. The van der Waals surface area contributed by atoms with Gasteiger partial charge in [0.15, 0.2) is 0 Å². The molecule has 5 nitrogen and oxygen atoms in total. The van der Waals surface area contributed by atoms with Crippen LogP contribution in [0.5, 0.6) is 0 Å². The minimum absolute atomic E-state index is 0.0129. The molecular weight excluding hydrogens is 230 g/mol. The predicted molar refractivity (Wildman–Crippen MR) is 59.9 cm³/mol. The van der Waals surface area contributed by atoms with Crippen molar-refractivity contribution in [2.75, 3.05) is 26.9 Å². The number of aliphatic carboxylic acids is 1. The van der Waals surface area contributed by atoms with Gasteiger partial charge >= 0.3 is 5.97 Å². The van der Waals surface area contributed by atoms with Gasteiger partial charge in [-0.2, -0.15) is 0 Å². The topological polar surface area (TPSA) is 68.7 Å². The zero-order chi connectivity index (χ0) is 11.8. The van der Waals surface area contributed by atoms with E-state index in [2.05, 4.69) is 4.98 Å². The minimum Gasteiger partial charge on any atom is -0.481 e. The Labute approximate surface area is 98.0 Å². The van der Waals surface area contributed by atoms with E-state index in [4.69, 9.17) is 14.6 Å². The number of aromatic nitrogens is 1. The maximum Gasteiger partial charge on any atom is 0.309 e. The third kappa shape index (κ3) is 5.20. The summed E-state index contributed by atoms with van der Waals surface area (Å²) in [7, 11) is 1.63. The Morgan fingerprint density at radius 3 is 3.00 bits per heavy atom. The highest BCUT2D eigenvalue weighted by Gasteiger charge is 2.05. The van der Waals surface area contributed by atoms with E-state index in [1.807, 2.05) is 0 Å². The van der Waals surface area contributed by atoms with Crippen molar-refractivity contribution in [1.82, 2.24) is 4.98 Å². The van der Waals surface area contributed by atoms with Crippen LogP contribution in [0, 0.1) is 0 Å². The lowest BCUT2D eigenvalue weighted by Gasteiger charge is -2.00. The van der Waals surface area contributed by atoms with E-state index < -0.39 is 5.97 Å². The highest BCUT2D eigenvalue weighted by Crippen LogP contribution is 2.11. The second kappa shape index (κ2) is 7.32. The smallest absolute Gasteiger partial charge is 0.309 e. The SMILES string of the molecule is COCCOCCc1nc(CC(=O)O)cs1. The van der Waals surface area contributed by atoms with Gasteiger partial charge in [0.1, 0.15) is 0 Å². The van der Waals surface area contributed by atoms with Crippen molar-refractivity contribution in [3.8, 4) is 0 Å². The molecule has 90 valence electrons. The van der Waals surface area contributed by atoms with Crippen molar-refractivity contribution in [1.29, 1.82) is 0 Å². The number of methoxy groups -OCH3 is 1. The average molecular weight is 245 g/mol. The van der Waals surface area contributed by atoms with E-state index in [1.165, 1.54) is 11.3 Å². The Bertz CT molecular complexity index is 326. The van der Waals surface area contributed by atoms with Gasteiger partial charge in [0, 0.05) is 18.9 Å². The molecule has 1 heterocycles. The van der Waals surface area contributed by atoms with Gasteiger partial charge < -0.3 is 14.6 Å². The van der Waals surface area contributed by atoms with Crippen LogP contribution in [0.25, 0.3) is 0 Å². The molecule has 0 unspecified atom stereocenters. The van der Waals surface area contributed by atoms with E-state index in [9.17, 15) is 4.79 Å². The molecule has 0 bridgehead atoms. The molecule has 0 saturated carbocycles. The molecule has 1 aromatic heterocycles. The first kappa shape index (κ1) is 13.1. The number of thiazole rings is 1. The van der Waals surface area contributed by atoms with Crippen LogP contribution in [-0.4, -0.2) is 43.0 Å². The highest BCUT2D eigenvalue weighted by molar-refractivity contribution is 7.09. The van der Waals surface area contributed by atoms with Crippen molar-refractivity contribution in [3.63, 3.8) is 0 Å². The lowest BCUT2D eigenvalue weighted by molar-refractivity contribution is -0.136. The maximum atomic E-state index is 10.4. The van der Waals surface area contributed by atoms with Crippen LogP contribution >= 0.6 is 11.3 Å². The van der Waals surface area contributed by atoms with Crippen LogP contribution in [0.1, 0.15) is 10.7 Å². The second-order valence-corrected chi connectivity index (χ2v) is 4.10. The third-order valence-corrected chi connectivity index (χ3v) is 2.78. The van der Waals surface area contributed by atoms with Crippen molar-refractivity contribution in [2.45, 2.75) is 12.8 Å². The summed E-state index contributed by atoms with van der Waals surface area (Å²) in [5.74, 6) is -0.854. The fraction of sp³-hybridized carbons (Fsp3) is 0.600. The summed E-state index contributed by atoms with van der Waals surface area (Å²) in [6.45, 7) is 1.75. The molecule has 0 saturated heterocycles. The minimum atomic E-state index is -0.854. The molecular formula is C10H15NO4S. The predicted octanol–water partition coefficient (Wildman–Crippen LogP) is 0.976. The van der Waals surface area contributed by atoms with Gasteiger partial charge in [-0.15, -0.1) is 11.3 Å². The number of hydrogen-bond donors (Lipinski definition) is 1. The van der Waals surface area contributed by atoms with Crippen LogP contribution in [0.3, 0.4) is 0 Å². The second-order valence-electron chi connectivity index (χ2n) is 3.16. The number of hydrogen-bond acceptors (Lipinski definition) is 5. The summed E-state index contributed by atoms with van der Waals surface area (Å²) in [5, 5.41) is 11.3. The summed E-state index contributed by atoms with van der Waals surface area (Å²) >= 11 is 1.47. The monoisotopic (exact) mass is 245 g/mol. The summed E-state index contributed by atoms with van der Waals surface area (Å²) in [6, 6.07) is 0. The Morgan fingerprint density at radius 1 is 1.50 bits per heavy atom. The maximum absolute atomic E-state index is 10.4. The van der Waals surface area contributed by atoms with Crippen LogP contribution in [0.4, 0.5) is 0 Å². The Morgan fingerprint density at radius 2 is 2.31 bits per heavy atom. The molecule has 0 aliphatic heterocycles. The van der Waals surface area contributed by atoms with Gasteiger partial charge in [-0.3, -0.25) is 4.79 Å². The molecule has 16 heavy (non-hydrogen) atoms. The largest absolute Gasteiger partial charge is 0.481 e. The lowest BCUT2D eigenvalue weighted by Crippen LogP contribution is -2.05. The fourth-order valence-corrected chi connectivity index (χ4v) is 1.88. The van der Waals surface area contributed by atoms with Crippen molar-refractivity contribution in [3.05, 3.63) is 16.1 Å². The van der Waals surface area contributed by atoms with Crippen LogP contribution < -0.4 is 0 Å². The molecule has 1 N–H and O–H groups in total. The normalized spacial score (nSPS) is 10.6. The van der Waals surface area contributed by atoms with Crippen LogP contribution in [0.2, 0.25) is 0 Å². The Hall–Kier alpha value is -0.980. The molecule has 0 aliphatic rings. The zero-order valence-electron chi connectivity index (χ0n) is 9.14. The fourth-order valence-electron chi connectivity index (χ4n) is 1.10. The molecule has 0 fully saturated rings. The number of carbonyl (C=O) groups is 1. The summed E-state index contributed by atoms with van der Waals surface area (Å²) in [4.78, 5) is 14.6. The first-order chi connectivity index (χ1) is 7.72. The molecule has 0 radical (unpaired) electrons. The number of nitrogens with zero attached hydrogens (tertiary/aromatic N) is 1. The van der Waals surface area contributed by atoms with E-state index >= 15 is 0 Å². The first-order valence-corrected chi connectivity index (χ1v) is 5.82. The zero-order valence-corrected chi connectivity index (χ0v) is 9.96. The van der Waals surface area contributed by atoms with Crippen molar-refractivity contribution >= 4 is 17.3 Å². The highest BCUT2D eigenvalue weighted by atomic mass is 32.1. The standard InChI is InChI=1S/C10H15NO4S/c1-14-4-5-15-3-2-9-11-8(7-16-9)6-10(12)13/h7H,2-6H2,1H3,(H,12,13). The molecule has 0 spiro atoms. The van der Waals surface area contributed by atoms with Gasteiger partial charge in [-0.25, -0.2) is 4.98 Å². The lowest BCUT2D eigenvalue weighted by atomic mass is 10.3. The van der Waals surface area contributed by atoms with Gasteiger partial charge in [-0.1, -0.05) is 0 Å². The van der Waals surface area contributed by atoms with Gasteiger partial charge in [0.25, 0.3) is 0 Å². The number of rotatable bonds is 8. The molecule has 0 amide bonds. The Kier molecular flexibility index (Phi) is 5.99. The van der Waals surface area contributed by atoms with Gasteiger partial charge in [0.05, 0.1) is 36.9 Å². The number of carboxylic acids is 1. The van der Waals surface area contributed by atoms with Crippen molar-refractivity contribution in [2.24, 2.45) is 0 Å². The molecule has 0 aliphatic carbocycles. The van der Waals surface area contributed by atoms with E-state index in [-0.39, 0.29) is 6.42 Å². The van der Waals surface area contributed by atoms with E-state index in [1.54, 1.807) is 12.5 Å². The van der Waals surface area contributed by atoms with E-state index in [0.29, 0.717) is 31.9 Å². The number of ether oxygens (including phenoxy) is 2. The molecule has 1 rings (SSSR count). The summed E-state index contributed by atoms with van der Waals surface area (Å²) in [5.41, 5.74) is 0.615.